The lowest BCUT2D eigenvalue weighted by molar-refractivity contribution is 0.0941. The Labute approximate surface area is 170 Å². The van der Waals surface area contributed by atoms with Gasteiger partial charge >= 0.3 is 0 Å². The van der Waals surface area contributed by atoms with Gasteiger partial charge in [0, 0.05) is 30.0 Å². The highest BCUT2D eigenvalue weighted by molar-refractivity contribution is 6.30. The van der Waals surface area contributed by atoms with E-state index < -0.39 is 0 Å². The summed E-state index contributed by atoms with van der Waals surface area (Å²) in [5.41, 5.74) is 1.47. The first kappa shape index (κ1) is 20.0. The predicted molar refractivity (Wildman–Crippen MR) is 111 cm³/mol. The molecule has 3 aromatic rings. The van der Waals surface area contributed by atoms with Gasteiger partial charge in [0.1, 0.15) is 17.6 Å². The Balaban J connectivity index is 1.79. The maximum Gasteiger partial charge on any atom is 0.252 e. The summed E-state index contributed by atoms with van der Waals surface area (Å²) < 4.78 is 7.57. The molecule has 1 aromatic heterocycles. The second-order valence-electron chi connectivity index (χ2n) is 7.08. The van der Waals surface area contributed by atoms with Gasteiger partial charge in [-0.3, -0.25) is 4.79 Å². The van der Waals surface area contributed by atoms with Gasteiger partial charge in [0.05, 0.1) is 6.61 Å². The molecule has 0 aliphatic carbocycles. The van der Waals surface area contributed by atoms with Crippen LogP contribution >= 0.6 is 11.6 Å². The number of benzene rings is 2. The molecular formula is C22H24ClN3O2. The molecule has 1 N–H and O–H groups in total. The Hall–Kier alpha value is -2.79. The van der Waals surface area contributed by atoms with Crippen LogP contribution in [0.5, 0.6) is 5.75 Å². The quantitative estimate of drug-likeness (QED) is 0.632. The maximum absolute atomic E-state index is 12.9. The van der Waals surface area contributed by atoms with Crippen LogP contribution in [0, 0.1) is 5.92 Å². The van der Waals surface area contributed by atoms with Crippen LogP contribution in [-0.4, -0.2) is 22.1 Å². The predicted octanol–water partition coefficient (Wildman–Crippen LogP) is 4.63. The molecule has 2 aromatic carbocycles. The molecule has 0 bridgehead atoms. The van der Waals surface area contributed by atoms with Crippen molar-refractivity contribution in [1.29, 1.82) is 0 Å². The molecule has 146 valence electrons. The molecule has 0 unspecified atom stereocenters. The molecule has 28 heavy (non-hydrogen) atoms. The van der Waals surface area contributed by atoms with E-state index in [1.54, 1.807) is 30.5 Å². The normalized spacial score (nSPS) is 12.0. The molecule has 6 heteroatoms. The minimum Gasteiger partial charge on any atom is -0.493 e. The van der Waals surface area contributed by atoms with E-state index in [0.717, 1.165) is 17.1 Å². The molecule has 0 aliphatic heterocycles. The second-order valence-corrected chi connectivity index (χ2v) is 7.52. The van der Waals surface area contributed by atoms with Crippen molar-refractivity contribution in [1.82, 2.24) is 14.9 Å². The monoisotopic (exact) mass is 397 g/mol. The average molecular weight is 398 g/mol. The molecule has 1 heterocycles. The van der Waals surface area contributed by atoms with Crippen molar-refractivity contribution in [2.45, 2.75) is 19.9 Å². The van der Waals surface area contributed by atoms with Crippen LogP contribution < -0.4 is 10.1 Å². The zero-order chi connectivity index (χ0) is 20.1. The molecule has 0 fully saturated rings. The first-order valence-corrected chi connectivity index (χ1v) is 9.58. The minimum atomic E-state index is -0.387. The summed E-state index contributed by atoms with van der Waals surface area (Å²) in [6.07, 6.45) is 3.57. The lowest BCUT2D eigenvalue weighted by Crippen LogP contribution is -2.31. The van der Waals surface area contributed by atoms with E-state index in [0.29, 0.717) is 23.1 Å². The summed E-state index contributed by atoms with van der Waals surface area (Å²) in [7, 11) is 1.90. The van der Waals surface area contributed by atoms with Gasteiger partial charge < -0.3 is 14.6 Å². The number of hydrogen-bond donors (Lipinski definition) is 1. The summed E-state index contributed by atoms with van der Waals surface area (Å²) in [5.74, 6) is 1.76. The molecule has 5 nitrogen and oxygen atoms in total. The SMILES string of the molecule is CC(C)COc1ccc(C(=O)N[C@@H](c2ccc(Cl)cc2)c2nccn2C)cc1. The molecule has 0 spiro atoms. The molecule has 0 radical (unpaired) electrons. The van der Waals surface area contributed by atoms with Gasteiger partial charge in [0.15, 0.2) is 0 Å². The zero-order valence-corrected chi connectivity index (χ0v) is 17.0. The maximum atomic E-state index is 12.9. The van der Waals surface area contributed by atoms with Gasteiger partial charge in [0.2, 0.25) is 0 Å². The molecule has 0 saturated heterocycles. The summed E-state index contributed by atoms with van der Waals surface area (Å²) in [6, 6.07) is 14.2. The minimum absolute atomic E-state index is 0.182. The Bertz CT molecular complexity index is 918. The molecule has 1 atom stereocenters. The van der Waals surface area contributed by atoms with E-state index in [4.69, 9.17) is 16.3 Å². The topological polar surface area (TPSA) is 56.1 Å². The van der Waals surface area contributed by atoms with Crippen LogP contribution in [0.15, 0.2) is 60.9 Å². The Morgan fingerprint density at radius 3 is 2.39 bits per heavy atom. The van der Waals surface area contributed by atoms with E-state index >= 15 is 0 Å². The fraction of sp³-hybridized carbons (Fsp3) is 0.273. The van der Waals surface area contributed by atoms with Crippen molar-refractivity contribution in [2.24, 2.45) is 13.0 Å². The van der Waals surface area contributed by atoms with Crippen molar-refractivity contribution >= 4 is 17.5 Å². The zero-order valence-electron chi connectivity index (χ0n) is 16.2. The van der Waals surface area contributed by atoms with Crippen molar-refractivity contribution in [2.75, 3.05) is 6.61 Å². The molecule has 0 saturated carbocycles. The highest BCUT2D eigenvalue weighted by Crippen LogP contribution is 2.23. The van der Waals surface area contributed by atoms with Gasteiger partial charge in [-0.25, -0.2) is 4.98 Å². The van der Waals surface area contributed by atoms with E-state index in [9.17, 15) is 4.79 Å². The van der Waals surface area contributed by atoms with Crippen molar-refractivity contribution in [3.63, 3.8) is 0 Å². The van der Waals surface area contributed by atoms with E-state index in [-0.39, 0.29) is 11.9 Å². The highest BCUT2D eigenvalue weighted by Gasteiger charge is 2.21. The number of carbonyl (C=O) groups excluding carboxylic acids is 1. The van der Waals surface area contributed by atoms with Crippen molar-refractivity contribution < 1.29 is 9.53 Å². The van der Waals surface area contributed by atoms with Crippen LogP contribution in [0.2, 0.25) is 5.02 Å². The first-order valence-electron chi connectivity index (χ1n) is 9.20. The lowest BCUT2D eigenvalue weighted by Gasteiger charge is -2.19. The molecule has 3 rings (SSSR count). The number of halogens is 1. The summed E-state index contributed by atoms with van der Waals surface area (Å²) in [5, 5.41) is 3.72. The summed E-state index contributed by atoms with van der Waals surface area (Å²) >= 11 is 6.01. The summed E-state index contributed by atoms with van der Waals surface area (Å²) in [4.78, 5) is 17.3. The van der Waals surface area contributed by atoms with Gasteiger partial charge in [-0.05, 0) is 47.9 Å². The third-order valence-corrected chi connectivity index (χ3v) is 4.55. The average Bonchev–Trinajstić information content (AvgIpc) is 3.11. The van der Waals surface area contributed by atoms with Crippen LogP contribution in [-0.2, 0) is 7.05 Å². The number of nitrogens with zero attached hydrogens (tertiary/aromatic N) is 2. The van der Waals surface area contributed by atoms with E-state index in [1.807, 2.05) is 42.1 Å². The number of ether oxygens (including phenoxy) is 1. The van der Waals surface area contributed by atoms with Crippen LogP contribution in [0.3, 0.4) is 0 Å². The van der Waals surface area contributed by atoms with Gasteiger partial charge in [-0.1, -0.05) is 37.6 Å². The molecular weight excluding hydrogens is 374 g/mol. The van der Waals surface area contributed by atoms with E-state index in [1.165, 1.54) is 0 Å². The molecule has 1 amide bonds. The third kappa shape index (κ3) is 4.93. The molecule has 0 aliphatic rings. The fourth-order valence-corrected chi connectivity index (χ4v) is 2.91. The number of aromatic nitrogens is 2. The number of aryl methyl sites for hydroxylation is 1. The lowest BCUT2D eigenvalue weighted by atomic mass is 10.1. The summed E-state index contributed by atoms with van der Waals surface area (Å²) in [6.45, 7) is 4.83. The van der Waals surface area contributed by atoms with Gasteiger partial charge in [-0.2, -0.15) is 0 Å². The van der Waals surface area contributed by atoms with Gasteiger partial charge in [0.25, 0.3) is 5.91 Å². The number of rotatable bonds is 7. The highest BCUT2D eigenvalue weighted by atomic mass is 35.5. The standard InChI is InChI=1S/C22H24ClN3O2/c1-15(2)14-28-19-10-6-17(7-11-19)22(27)25-20(21-24-12-13-26(21)3)16-4-8-18(23)9-5-16/h4-13,15,20H,14H2,1-3H3,(H,25,27)/t20-/m0/s1. The third-order valence-electron chi connectivity index (χ3n) is 4.30. The number of nitrogens with one attached hydrogen (secondary N) is 1. The second kappa shape index (κ2) is 8.93. The largest absolute Gasteiger partial charge is 0.493 e. The van der Waals surface area contributed by atoms with E-state index in [2.05, 4.69) is 24.1 Å². The van der Waals surface area contributed by atoms with Crippen molar-refractivity contribution in [3.8, 4) is 5.75 Å². The smallest absolute Gasteiger partial charge is 0.252 e. The number of imidazole rings is 1. The number of amides is 1. The number of carbonyl (C=O) groups is 1. The van der Waals surface area contributed by atoms with Gasteiger partial charge in [-0.15, -0.1) is 0 Å². The van der Waals surface area contributed by atoms with Crippen LogP contribution in [0.4, 0.5) is 0 Å². The van der Waals surface area contributed by atoms with Crippen LogP contribution in [0.25, 0.3) is 0 Å². The Kier molecular flexibility index (Phi) is 6.37. The number of hydrogen-bond acceptors (Lipinski definition) is 3. The van der Waals surface area contributed by atoms with Crippen molar-refractivity contribution in [3.05, 3.63) is 82.9 Å². The first-order chi connectivity index (χ1) is 13.4. The Morgan fingerprint density at radius 1 is 1.14 bits per heavy atom. The van der Waals surface area contributed by atoms with Crippen LogP contribution in [0.1, 0.15) is 41.6 Å². The fourth-order valence-electron chi connectivity index (χ4n) is 2.79. The Morgan fingerprint density at radius 2 is 1.82 bits per heavy atom.